The van der Waals surface area contributed by atoms with E-state index in [0.717, 1.165) is 5.69 Å². The van der Waals surface area contributed by atoms with Crippen LogP contribution in [0.2, 0.25) is 0 Å². The van der Waals surface area contributed by atoms with Crippen molar-refractivity contribution in [3.8, 4) is 0 Å². The molecule has 0 bridgehead atoms. The molecule has 0 aromatic carbocycles. The summed E-state index contributed by atoms with van der Waals surface area (Å²) in [7, 11) is 0. The fraction of sp³-hybridized carbons (Fsp3) is 0.714. The maximum absolute atomic E-state index is 10.6. The highest BCUT2D eigenvalue weighted by molar-refractivity contribution is 5.72. The highest BCUT2D eigenvalue weighted by Gasteiger charge is 1.98. The number of carbonyl (C=O) groups is 1. The first-order valence-electron chi connectivity index (χ1n) is 7.39. The molecule has 0 aliphatic rings. The molecular weight excluding hydrogens is 288 g/mol. The van der Waals surface area contributed by atoms with Crippen molar-refractivity contribution in [2.75, 3.05) is 46.2 Å². The Balaban J connectivity index is 1.81. The van der Waals surface area contributed by atoms with Gasteiger partial charge in [-0.2, -0.15) is 0 Å². The fourth-order valence-electron chi connectivity index (χ4n) is 1.55. The predicted molar refractivity (Wildman–Crippen MR) is 80.2 cm³/mol. The molecule has 0 aliphatic carbocycles. The molecule has 0 fully saturated rings. The zero-order valence-electron chi connectivity index (χ0n) is 13.3. The van der Waals surface area contributed by atoms with E-state index >= 15 is 0 Å². The third-order valence-corrected chi connectivity index (χ3v) is 2.68. The number of amides is 1. The van der Waals surface area contributed by atoms with Crippen LogP contribution in [0.3, 0.4) is 0 Å². The van der Waals surface area contributed by atoms with E-state index in [9.17, 15) is 4.79 Å². The topological polar surface area (TPSA) is 87.5 Å². The zero-order valence-corrected chi connectivity index (χ0v) is 13.3. The lowest BCUT2D eigenvalue weighted by Gasteiger charge is -2.07. The van der Waals surface area contributed by atoms with E-state index < -0.39 is 0 Å². The zero-order chi connectivity index (χ0) is 16.0. The SMILES string of the molecule is C[CH]c1cn(CCOCCOCCOCCNC(C)=O)nn1. The Hall–Kier alpha value is -1.51. The van der Waals surface area contributed by atoms with Crippen molar-refractivity contribution < 1.29 is 19.0 Å². The lowest BCUT2D eigenvalue weighted by Crippen LogP contribution is -2.25. The number of rotatable bonds is 13. The van der Waals surface area contributed by atoms with Gasteiger partial charge in [0.1, 0.15) is 0 Å². The highest BCUT2D eigenvalue weighted by Crippen LogP contribution is 1.95. The smallest absolute Gasteiger partial charge is 0.216 e. The number of aromatic nitrogens is 3. The molecule has 125 valence electrons. The fourth-order valence-corrected chi connectivity index (χ4v) is 1.55. The average molecular weight is 313 g/mol. The Morgan fingerprint density at radius 1 is 1.18 bits per heavy atom. The summed E-state index contributed by atoms with van der Waals surface area (Å²) in [4.78, 5) is 10.6. The summed E-state index contributed by atoms with van der Waals surface area (Å²) < 4.78 is 17.8. The van der Waals surface area contributed by atoms with Crippen LogP contribution in [0.15, 0.2) is 6.20 Å². The van der Waals surface area contributed by atoms with E-state index in [1.165, 1.54) is 6.92 Å². The van der Waals surface area contributed by atoms with E-state index in [-0.39, 0.29) is 5.91 Å². The first-order valence-corrected chi connectivity index (χ1v) is 7.39. The van der Waals surface area contributed by atoms with Crippen LogP contribution in [0.25, 0.3) is 0 Å². The van der Waals surface area contributed by atoms with Gasteiger partial charge in [-0.05, 0) is 0 Å². The molecule has 1 rings (SSSR count). The van der Waals surface area contributed by atoms with Crippen LogP contribution in [-0.2, 0) is 25.5 Å². The van der Waals surface area contributed by atoms with Crippen molar-refractivity contribution in [1.82, 2.24) is 20.3 Å². The number of hydrogen-bond donors (Lipinski definition) is 1. The number of hydrogen-bond acceptors (Lipinski definition) is 6. The van der Waals surface area contributed by atoms with E-state index in [2.05, 4.69) is 15.6 Å². The normalized spacial score (nSPS) is 10.8. The van der Waals surface area contributed by atoms with Crippen LogP contribution in [0.5, 0.6) is 0 Å². The number of carbonyl (C=O) groups excluding carboxylic acids is 1. The molecule has 8 nitrogen and oxygen atoms in total. The number of nitrogens with zero attached hydrogens (tertiary/aromatic N) is 3. The van der Waals surface area contributed by atoms with Gasteiger partial charge in [-0.1, -0.05) is 12.1 Å². The lowest BCUT2D eigenvalue weighted by molar-refractivity contribution is -0.119. The molecule has 1 N–H and O–H groups in total. The highest BCUT2D eigenvalue weighted by atomic mass is 16.5. The summed E-state index contributed by atoms with van der Waals surface area (Å²) in [6, 6.07) is 0. The molecule has 1 aromatic heterocycles. The second kappa shape index (κ2) is 12.1. The minimum Gasteiger partial charge on any atom is -0.377 e. The van der Waals surface area contributed by atoms with E-state index in [1.54, 1.807) is 4.68 Å². The van der Waals surface area contributed by atoms with Crippen molar-refractivity contribution in [3.63, 3.8) is 0 Å². The molecule has 1 radical (unpaired) electrons. The Kier molecular flexibility index (Phi) is 10.2. The molecular formula is C14H25N4O4. The molecule has 0 spiro atoms. The maximum atomic E-state index is 10.6. The number of ether oxygens (including phenoxy) is 3. The minimum absolute atomic E-state index is 0.0491. The standard InChI is InChI=1S/C14H25N4O4/c1-3-14-12-18(17-16-14)5-7-21-9-11-22-10-8-20-6-4-15-13(2)19/h3,12H,4-11H2,1-2H3,(H,15,19). The second-order valence-corrected chi connectivity index (χ2v) is 4.52. The summed E-state index contributed by atoms with van der Waals surface area (Å²) in [5, 5.41) is 10.6. The summed E-state index contributed by atoms with van der Waals surface area (Å²) in [6.45, 7) is 7.76. The van der Waals surface area contributed by atoms with Crippen LogP contribution < -0.4 is 5.32 Å². The van der Waals surface area contributed by atoms with Gasteiger partial charge in [0.25, 0.3) is 0 Å². The Morgan fingerprint density at radius 3 is 2.41 bits per heavy atom. The Morgan fingerprint density at radius 2 is 1.82 bits per heavy atom. The van der Waals surface area contributed by atoms with E-state index in [0.29, 0.717) is 52.7 Å². The third kappa shape index (κ3) is 9.43. The van der Waals surface area contributed by atoms with Crippen molar-refractivity contribution >= 4 is 5.91 Å². The molecule has 0 unspecified atom stereocenters. The van der Waals surface area contributed by atoms with Gasteiger partial charge in [-0.15, -0.1) is 5.10 Å². The van der Waals surface area contributed by atoms with Gasteiger partial charge in [0.2, 0.25) is 5.91 Å². The average Bonchev–Trinajstić information content (AvgIpc) is 2.96. The summed E-state index contributed by atoms with van der Waals surface area (Å²) in [5.74, 6) is -0.0491. The Bertz CT molecular complexity index is 411. The van der Waals surface area contributed by atoms with Gasteiger partial charge >= 0.3 is 0 Å². The van der Waals surface area contributed by atoms with Crippen LogP contribution >= 0.6 is 0 Å². The predicted octanol–water partition coefficient (Wildman–Crippen LogP) is 0.0363. The largest absolute Gasteiger partial charge is 0.377 e. The third-order valence-electron chi connectivity index (χ3n) is 2.68. The van der Waals surface area contributed by atoms with Crippen molar-refractivity contribution in [1.29, 1.82) is 0 Å². The first kappa shape index (κ1) is 18.5. The molecule has 1 heterocycles. The van der Waals surface area contributed by atoms with Crippen LogP contribution in [-0.4, -0.2) is 67.1 Å². The summed E-state index contributed by atoms with van der Waals surface area (Å²) in [6.07, 6.45) is 3.77. The molecule has 1 amide bonds. The van der Waals surface area contributed by atoms with Gasteiger partial charge in [0.15, 0.2) is 0 Å². The van der Waals surface area contributed by atoms with E-state index in [1.807, 2.05) is 19.5 Å². The molecule has 0 saturated carbocycles. The quantitative estimate of drug-likeness (QED) is 0.517. The van der Waals surface area contributed by atoms with Crippen LogP contribution in [0.1, 0.15) is 19.5 Å². The van der Waals surface area contributed by atoms with Crippen LogP contribution in [0, 0.1) is 6.42 Å². The maximum Gasteiger partial charge on any atom is 0.216 e. The van der Waals surface area contributed by atoms with Gasteiger partial charge in [-0.3, -0.25) is 4.79 Å². The van der Waals surface area contributed by atoms with E-state index in [4.69, 9.17) is 14.2 Å². The molecule has 1 aromatic rings. The molecule has 8 heteroatoms. The monoisotopic (exact) mass is 313 g/mol. The molecule has 0 saturated heterocycles. The summed E-state index contributed by atoms with van der Waals surface area (Å²) in [5.41, 5.74) is 0.863. The first-order chi connectivity index (χ1) is 10.7. The number of nitrogens with one attached hydrogen (secondary N) is 1. The van der Waals surface area contributed by atoms with Crippen LogP contribution in [0.4, 0.5) is 0 Å². The summed E-state index contributed by atoms with van der Waals surface area (Å²) >= 11 is 0. The molecule has 0 atom stereocenters. The van der Waals surface area contributed by atoms with Crippen molar-refractivity contribution in [2.24, 2.45) is 0 Å². The van der Waals surface area contributed by atoms with Gasteiger partial charge in [-0.25, -0.2) is 4.68 Å². The second-order valence-electron chi connectivity index (χ2n) is 4.52. The molecule has 22 heavy (non-hydrogen) atoms. The van der Waals surface area contributed by atoms with Crippen molar-refractivity contribution in [3.05, 3.63) is 18.3 Å². The molecule has 0 aliphatic heterocycles. The van der Waals surface area contributed by atoms with Crippen molar-refractivity contribution in [2.45, 2.75) is 20.4 Å². The minimum atomic E-state index is -0.0491. The van der Waals surface area contributed by atoms with Gasteiger partial charge < -0.3 is 19.5 Å². The lowest BCUT2D eigenvalue weighted by atomic mass is 10.4. The van der Waals surface area contributed by atoms with Gasteiger partial charge in [0.05, 0.1) is 51.9 Å². The Labute approximate surface area is 131 Å². The van der Waals surface area contributed by atoms with Gasteiger partial charge in [0, 0.05) is 26.1 Å².